The lowest BCUT2D eigenvalue weighted by Gasteiger charge is -2.16. The summed E-state index contributed by atoms with van der Waals surface area (Å²) in [4.78, 5) is 0. The molecular weight excluding hydrogens is 216 g/mol. The van der Waals surface area contributed by atoms with Crippen molar-refractivity contribution in [3.8, 4) is 0 Å². The molecule has 102 valence electrons. The van der Waals surface area contributed by atoms with Gasteiger partial charge in [0.25, 0.3) is 0 Å². The van der Waals surface area contributed by atoms with Gasteiger partial charge in [0, 0.05) is 0 Å². The summed E-state index contributed by atoms with van der Waals surface area (Å²) < 4.78 is 0. The highest BCUT2D eigenvalue weighted by Crippen LogP contribution is 2.21. The normalized spacial score (nSPS) is 11.8. The van der Waals surface area contributed by atoms with E-state index >= 15 is 0 Å². The van der Waals surface area contributed by atoms with E-state index in [2.05, 4.69) is 59.7 Å². The number of hydrogen-bond acceptors (Lipinski definition) is 0. The molecule has 0 aromatic heterocycles. The second-order valence-corrected chi connectivity index (χ2v) is 6.90. The van der Waals surface area contributed by atoms with Crippen LogP contribution in [0, 0.1) is 17.8 Å². The van der Waals surface area contributed by atoms with Crippen LogP contribution in [0.3, 0.4) is 0 Å². The Morgan fingerprint density at radius 3 is 1.67 bits per heavy atom. The monoisotopic (exact) mass is 246 g/mol. The molecule has 0 nitrogen and oxygen atoms in total. The molecule has 1 aromatic rings. The van der Waals surface area contributed by atoms with E-state index in [4.69, 9.17) is 0 Å². The molecule has 0 heterocycles. The summed E-state index contributed by atoms with van der Waals surface area (Å²) in [5.41, 5.74) is 4.65. The summed E-state index contributed by atoms with van der Waals surface area (Å²) in [5.74, 6) is 2.23. The molecule has 1 aromatic carbocycles. The standard InChI is InChI=1S/C18H30/c1-13(2)9-16-7-8-17(10-14(3)4)18(12-16)11-15(5)6/h7-8,12-15H,9-11H2,1-6H3. The molecule has 0 heteroatoms. The van der Waals surface area contributed by atoms with Crippen molar-refractivity contribution < 1.29 is 0 Å². The molecule has 0 radical (unpaired) electrons. The van der Waals surface area contributed by atoms with Gasteiger partial charge in [-0.25, -0.2) is 0 Å². The molecular formula is C18H30. The molecule has 0 saturated carbocycles. The van der Waals surface area contributed by atoms with Crippen molar-refractivity contribution in [3.63, 3.8) is 0 Å². The van der Waals surface area contributed by atoms with E-state index in [1.807, 2.05) is 0 Å². The SMILES string of the molecule is CC(C)Cc1ccc(CC(C)C)c(CC(C)C)c1. The third kappa shape index (κ3) is 5.25. The minimum Gasteiger partial charge on any atom is -0.0625 e. The molecule has 1 rings (SSSR count). The first-order chi connectivity index (χ1) is 8.38. The fourth-order valence-corrected chi connectivity index (χ4v) is 2.55. The Hall–Kier alpha value is -0.780. The average molecular weight is 246 g/mol. The topological polar surface area (TPSA) is 0 Å². The Bertz CT molecular complexity index is 358. The van der Waals surface area contributed by atoms with Crippen LogP contribution in [-0.2, 0) is 19.3 Å². The van der Waals surface area contributed by atoms with Crippen molar-refractivity contribution >= 4 is 0 Å². The summed E-state index contributed by atoms with van der Waals surface area (Å²) in [6, 6.07) is 7.16. The van der Waals surface area contributed by atoms with Crippen LogP contribution < -0.4 is 0 Å². The van der Waals surface area contributed by atoms with E-state index in [0.29, 0.717) is 0 Å². The molecule has 0 aliphatic carbocycles. The molecule has 0 aliphatic heterocycles. The Labute approximate surface area is 114 Å². The van der Waals surface area contributed by atoms with E-state index in [1.54, 1.807) is 11.1 Å². The maximum absolute atomic E-state index is 2.46. The Balaban J connectivity index is 2.96. The van der Waals surface area contributed by atoms with Crippen LogP contribution >= 0.6 is 0 Å². The predicted octanol–water partition coefficient (Wildman–Crippen LogP) is 5.28. The zero-order valence-electron chi connectivity index (χ0n) is 13.1. The fourth-order valence-electron chi connectivity index (χ4n) is 2.55. The lowest BCUT2D eigenvalue weighted by atomic mass is 9.90. The Kier molecular flexibility index (Phi) is 5.91. The smallest absolute Gasteiger partial charge is 0.0253 e. The van der Waals surface area contributed by atoms with Crippen LogP contribution in [0.15, 0.2) is 18.2 Å². The van der Waals surface area contributed by atoms with Crippen LogP contribution in [0.25, 0.3) is 0 Å². The van der Waals surface area contributed by atoms with Gasteiger partial charge in [0.1, 0.15) is 0 Å². The number of hydrogen-bond donors (Lipinski definition) is 0. The Morgan fingerprint density at radius 2 is 1.17 bits per heavy atom. The van der Waals surface area contributed by atoms with Gasteiger partial charge >= 0.3 is 0 Å². The van der Waals surface area contributed by atoms with Crippen molar-refractivity contribution in [3.05, 3.63) is 34.9 Å². The van der Waals surface area contributed by atoms with Gasteiger partial charge in [-0.15, -0.1) is 0 Å². The van der Waals surface area contributed by atoms with Crippen molar-refractivity contribution in [1.82, 2.24) is 0 Å². The van der Waals surface area contributed by atoms with Crippen LogP contribution in [0.4, 0.5) is 0 Å². The lowest BCUT2D eigenvalue weighted by molar-refractivity contribution is 0.611. The van der Waals surface area contributed by atoms with Crippen LogP contribution in [0.1, 0.15) is 58.2 Å². The first-order valence-electron chi connectivity index (χ1n) is 7.49. The van der Waals surface area contributed by atoms with Crippen LogP contribution in [0.2, 0.25) is 0 Å². The summed E-state index contributed by atoms with van der Waals surface area (Å²) in [5, 5.41) is 0. The molecule has 0 fully saturated rings. The molecule has 0 atom stereocenters. The molecule has 0 spiro atoms. The van der Waals surface area contributed by atoms with Gasteiger partial charge in [-0.1, -0.05) is 59.7 Å². The van der Waals surface area contributed by atoms with Crippen LogP contribution in [-0.4, -0.2) is 0 Å². The first-order valence-corrected chi connectivity index (χ1v) is 7.49. The second kappa shape index (κ2) is 6.97. The molecule has 0 saturated heterocycles. The highest BCUT2D eigenvalue weighted by Gasteiger charge is 2.08. The van der Waals surface area contributed by atoms with Crippen molar-refractivity contribution in [2.75, 3.05) is 0 Å². The highest BCUT2D eigenvalue weighted by molar-refractivity contribution is 5.33. The number of rotatable bonds is 6. The van der Waals surface area contributed by atoms with E-state index in [-0.39, 0.29) is 0 Å². The summed E-state index contributed by atoms with van der Waals surface area (Å²) >= 11 is 0. The maximum Gasteiger partial charge on any atom is -0.0253 e. The Morgan fingerprint density at radius 1 is 0.667 bits per heavy atom. The van der Waals surface area contributed by atoms with Gasteiger partial charge in [0.2, 0.25) is 0 Å². The molecule has 0 bridgehead atoms. The van der Waals surface area contributed by atoms with Crippen molar-refractivity contribution in [1.29, 1.82) is 0 Å². The highest BCUT2D eigenvalue weighted by atomic mass is 14.1. The maximum atomic E-state index is 2.46. The van der Waals surface area contributed by atoms with E-state index in [0.717, 1.165) is 17.8 Å². The molecule has 0 unspecified atom stereocenters. The van der Waals surface area contributed by atoms with Gasteiger partial charge in [0.05, 0.1) is 0 Å². The lowest BCUT2D eigenvalue weighted by Crippen LogP contribution is -2.05. The third-order valence-electron chi connectivity index (χ3n) is 3.17. The minimum absolute atomic E-state index is 0.741. The van der Waals surface area contributed by atoms with Gasteiger partial charge in [-0.2, -0.15) is 0 Å². The van der Waals surface area contributed by atoms with Gasteiger partial charge in [-0.3, -0.25) is 0 Å². The van der Waals surface area contributed by atoms with Crippen molar-refractivity contribution in [2.24, 2.45) is 17.8 Å². The van der Waals surface area contributed by atoms with E-state index < -0.39 is 0 Å². The van der Waals surface area contributed by atoms with E-state index in [9.17, 15) is 0 Å². The zero-order chi connectivity index (χ0) is 13.7. The van der Waals surface area contributed by atoms with Crippen molar-refractivity contribution in [2.45, 2.75) is 60.8 Å². The third-order valence-corrected chi connectivity index (χ3v) is 3.17. The quantitative estimate of drug-likeness (QED) is 0.640. The van der Waals surface area contributed by atoms with Crippen LogP contribution in [0.5, 0.6) is 0 Å². The summed E-state index contributed by atoms with van der Waals surface area (Å²) in [7, 11) is 0. The summed E-state index contributed by atoms with van der Waals surface area (Å²) in [6.07, 6.45) is 3.63. The molecule has 0 aliphatic rings. The minimum atomic E-state index is 0.741. The molecule has 0 amide bonds. The van der Waals surface area contributed by atoms with Gasteiger partial charge in [-0.05, 0) is 53.7 Å². The first kappa shape index (κ1) is 15.3. The van der Waals surface area contributed by atoms with Gasteiger partial charge in [0.15, 0.2) is 0 Å². The predicted molar refractivity (Wildman–Crippen MR) is 82.1 cm³/mol. The van der Waals surface area contributed by atoms with E-state index in [1.165, 1.54) is 24.8 Å². The zero-order valence-corrected chi connectivity index (χ0v) is 13.1. The summed E-state index contributed by atoms with van der Waals surface area (Å²) in [6.45, 7) is 13.8. The second-order valence-electron chi connectivity index (χ2n) is 6.90. The number of benzene rings is 1. The fraction of sp³-hybridized carbons (Fsp3) is 0.667. The largest absolute Gasteiger partial charge is 0.0625 e. The molecule has 18 heavy (non-hydrogen) atoms. The molecule has 0 N–H and O–H groups in total. The van der Waals surface area contributed by atoms with Gasteiger partial charge < -0.3 is 0 Å². The average Bonchev–Trinajstić information content (AvgIpc) is 2.19.